The molecular weight excluding hydrogens is 282 g/mol. The van der Waals surface area contributed by atoms with Gasteiger partial charge in [0.1, 0.15) is 5.52 Å². The molecule has 0 aliphatic carbocycles. The average Bonchev–Trinajstić information content (AvgIpc) is 3.11. The van der Waals surface area contributed by atoms with Gasteiger partial charge in [-0.05, 0) is 29.8 Å². The number of aryl methyl sites for hydroxylation is 1. The minimum atomic E-state index is -0.400. The van der Waals surface area contributed by atoms with Crippen molar-refractivity contribution in [2.75, 3.05) is 0 Å². The molecule has 0 bridgehead atoms. The van der Waals surface area contributed by atoms with E-state index in [4.69, 9.17) is 0 Å². The molecule has 0 N–H and O–H groups in total. The van der Waals surface area contributed by atoms with Crippen molar-refractivity contribution in [2.45, 2.75) is 0 Å². The summed E-state index contributed by atoms with van der Waals surface area (Å²) < 4.78 is 3.71. The first-order valence-corrected chi connectivity index (χ1v) is 6.68. The molecule has 0 aliphatic heterocycles. The first-order valence-electron chi connectivity index (χ1n) is 6.68. The molecule has 7 heteroatoms. The highest BCUT2D eigenvalue weighted by atomic mass is 16.6. The Morgan fingerprint density at radius 2 is 1.86 bits per heavy atom. The van der Waals surface area contributed by atoms with E-state index in [1.807, 2.05) is 36.0 Å². The Bertz CT molecular complexity index is 1010. The number of pyridine rings is 1. The number of nitro groups is 1. The third kappa shape index (κ3) is 1.76. The van der Waals surface area contributed by atoms with Crippen LogP contribution >= 0.6 is 0 Å². The van der Waals surface area contributed by atoms with Crippen LogP contribution in [0.15, 0.2) is 48.8 Å². The van der Waals surface area contributed by atoms with E-state index in [1.165, 1.54) is 12.1 Å². The molecule has 0 fully saturated rings. The van der Waals surface area contributed by atoms with Gasteiger partial charge in [-0.15, -0.1) is 5.10 Å². The quantitative estimate of drug-likeness (QED) is 0.420. The predicted molar refractivity (Wildman–Crippen MR) is 81.6 cm³/mol. The van der Waals surface area contributed by atoms with Crippen molar-refractivity contribution in [1.82, 2.24) is 19.4 Å². The van der Waals surface area contributed by atoms with Gasteiger partial charge in [0.05, 0.1) is 16.0 Å². The number of nitrogens with zero attached hydrogens (tertiary/aromatic N) is 5. The highest BCUT2D eigenvalue weighted by Crippen LogP contribution is 2.27. The van der Waals surface area contributed by atoms with Crippen LogP contribution in [0.25, 0.3) is 27.7 Å². The Kier molecular flexibility index (Phi) is 2.50. The van der Waals surface area contributed by atoms with E-state index in [0.717, 1.165) is 27.7 Å². The van der Waals surface area contributed by atoms with Gasteiger partial charge in [-0.1, -0.05) is 5.21 Å². The largest absolute Gasteiger partial charge is 0.321 e. The van der Waals surface area contributed by atoms with E-state index < -0.39 is 4.92 Å². The van der Waals surface area contributed by atoms with Crippen LogP contribution in [0.5, 0.6) is 0 Å². The molecule has 0 unspecified atom stereocenters. The smallest absolute Gasteiger partial charge is 0.269 e. The van der Waals surface area contributed by atoms with E-state index in [-0.39, 0.29) is 5.69 Å². The molecule has 108 valence electrons. The summed E-state index contributed by atoms with van der Waals surface area (Å²) in [7, 11) is 1.85. The van der Waals surface area contributed by atoms with Crippen LogP contribution in [0, 0.1) is 10.1 Å². The fraction of sp³-hybridized carbons (Fsp3) is 0.0667. The minimum absolute atomic E-state index is 0.0869. The van der Waals surface area contributed by atoms with Crippen LogP contribution < -0.4 is 0 Å². The highest BCUT2D eigenvalue weighted by molar-refractivity contribution is 5.92. The predicted octanol–water partition coefficient (Wildman–Crippen LogP) is 2.80. The standard InChI is InChI=1S/C15H11N5O2/c1-18-13-6-7-19-9-11(8-14(19)15(13)16-17-18)10-2-4-12(5-3-10)20(21)22/h2-9H,1H3. The van der Waals surface area contributed by atoms with Crippen molar-refractivity contribution in [3.63, 3.8) is 0 Å². The number of fused-ring (bicyclic) bond motifs is 3. The van der Waals surface area contributed by atoms with Gasteiger partial charge in [0.2, 0.25) is 0 Å². The zero-order valence-electron chi connectivity index (χ0n) is 11.7. The summed E-state index contributed by atoms with van der Waals surface area (Å²) in [6.07, 6.45) is 3.93. The van der Waals surface area contributed by atoms with E-state index >= 15 is 0 Å². The maximum absolute atomic E-state index is 10.7. The van der Waals surface area contributed by atoms with Crippen molar-refractivity contribution in [3.05, 3.63) is 58.9 Å². The van der Waals surface area contributed by atoms with Gasteiger partial charge >= 0.3 is 0 Å². The second kappa shape index (κ2) is 4.39. The number of benzene rings is 1. The van der Waals surface area contributed by atoms with Crippen LogP contribution in [0.1, 0.15) is 0 Å². The Balaban J connectivity index is 1.88. The molecule has 0 saturated heterocycles. The molecule has 4 rings (SSSR count). The molecule has 7 nitrogen and oxygen atoms in total. The molecule has 0 amide bonds. The van der Waals surface area contributed by atoms with E-state index in [1.54, 1.807) is 16.8 Å². The monoisotopic (exact) mass is 293 g/mol. The molecule has 0 radical (unpaired) electrons. The summed E-state index contributed by atoms with van der Waals surface area (Å²) in [5, 5.41) is 19.0. The maximum atomic E-state index is 10.7. The third-order valence-electron chi connectivity index (χ3n) is 3.77. The number of hydrogen-bond acceptors (Lipinski definition) is 4. The van der Waals surface area contributed by atoms with E-state index in [2.05, 4.69) is 10.3 Å². The zero-order valence-corrected chi connectivity index (χ0v) is 11.7. The lowest BCUT2D eigenvalue weighted by Gasteiger charge is -1.96. The van der Waals surface area contributed by atoms with Gasteiger partial charge in [0.25, 0.3) is 5.69 Å². The topological polar surface area (TPSA) is 78.3 Å². The summed E-state index contributed by atoms with van der Waals surface area (Å²) in [4.78, 5) is 10.3. The number of non-ortho nitro benzene ring substituents is 1. The van der Waals surface area contributed by atoms with Crippen LogP contribution in [0.2, 0.25) is 0 Å². The molecule has 22 heavy (non-hydrogen) atoms. The Morgan fingerprint density at radius 3 is 2.59 bits per heavy atom. The summed E-state index contributed by atoms with van der Waals surface area (Å²) in [5.74, 6) is 0. The third-order valence-corrected chi connectivity index (χ3v) is 3.77. The van der Waals surface area contributed by atoms with Crippen molar-refractivity contribution >= 4 is 22.2 Å². The molecule has 3 aromatic heterocycles. The van der Waals surface area contributed by atoms with Crippen molar-refractivity contribution < 1.29 is 4.92 Å². The Labute approximate surface area is 124 Å². The highest BCUT2D eigenvalue weighted by Gasteiger charge is 2.11. The molecule has 0 aliphatic rings. The van der Waals surface area contributed by atoms with Gasteiger partial charge in [0, 0.05) is 37.1 Å². The summed E-state index contributed by atoms with van der Waals surface area (Å²) in [6.45, 7) is 0. The number of nitro benzene ring substituents is 1. The van der Waals surface area contributed by atoms with Crippen molar-refractivity contribution in [1.29, 1.82) is 0 Å². The molecule has 3 heterocycles. The molecule has 0 spiro atoms. The van der Waals surface area contributed by atoms with Crippen LogP contribution in [0.4, 0.5) is 5.69 Å². The zero-order chi connectivity index (χ0) is 15.3. The van der Waals surface area contributed by atoms with E-state index in [9.17, 15) is 10.1 Å². The van der Waals surface area contributed by atoms with Crippen LogP contribution in [-0.4, -0.2) is 24.3 Å². The second-order valence-corrected chi connectivity index (χ2v) is 5.09. The Morgan fingerprint density at radius 1 is 1.09 bits per heavy atom. The van der Waals surface area contributed by atoms with Crippen molar-refractivity contribution in [2.24, 2.45) is 7.05 Å². The fourth-order valence-corrected chi connectivity index (χ4v) is 2.61. The van der Waals surface area contributed by atoms with Gasteiger partial charge in [-0.2, -0.15) is 0 Å². The molecule has 0 saturated carbocycles. The fourth-order valence-electron chi connectivity index (χ4n) is 2.61. The van der Waals surface area contributed by atoms with Crippen LogP contribution in [-0.2, 0) is 7.05 Å². The SMILES string of the molecule is Cn1nnc2c1ccn1cc(-c3ccc([N+](=O)[O-])cc3)cc21. The van der Waals surface area contributed by atoms with Gasteiger partial charge in [0.15, 0.2) is 0 Å². The lowest BCUT2D eigenvalue weighted by molar-refractivity contribution is -0.384. The normalized spacial score (nSPS) is 11.3. The molecular formula is C15H11N5O2. The first kappa shape index (κ1) is 12.5. The molecule has 4 aromatic rings. The lowest BCUT2D eigenvalue weighted by Crippen LogP contribution is -1.89. The number of rotatable bonds is 2. The van der Waals surface area contributed by atoms with Gasteiger partial charge in [-0.3, -0.25) is 10.1 Å². The number of aromatic nitrogens is 4. The van der Waals surface area contributed by atoms with Gasteiger partial charge in [-0.25, -0.2) is 4.68 Å². The second-order valence-electron chi connectivity index (χ2n) is 5.09. The average molecular weight is 293 g/mol. The Hall–Kier alpha value is -3.22. The number of hydrogen-bond donors (Lipinski definition) is 0. The molecule has 0 atom stereocenters. The summed E-state index contributed by atoms with van der Waals surface area (Å²) in [5.41, 5.74) is 4.74. The summed E-state index contributed by atoms with van der Waals surface area (Å²) >= 11 is 0. The van der Waals surface area contributed by atoms with E-state index in [0.29, 0.717) is 0 Å². The van der Waals surface area contributed by atoms with Gasteiger partial charge < -0.3 is 4.40 Å². The maximum Gasteiger partial charge on any atom is 0.269 e. The first-order chi connectivity index (χ1) is 10.6. The minimum Gasteiger partial charge on any atom is -0.321 e. The lowest BCUT2D eigenvalue weighted by atomic mass is 10.1. The molecule has 1 aromatic carbocycles. The van der Waals surface area contributed by atoms with Crippen molar-refractivity contribution in [3.8, 4) is 11.1 Å². The van der Waals surface area contributed by atoms with Crippen LogP contribution in [0.3, 0.4) is 0 Å². The summed E-state index contributed by atoms with van der Waals surface area (Å²) in [6, 6.07) is 10.5.